The first-order chi connectivity index (χ1) is 15.9. The number of piperidine rings is 1. The zero-order valence-electron chi connectivity index (χ0n) is 18.3. The van der Waals surface area contributed by atoms with Crippen molar-refractivity contribution in [1.29, 1.82) is 0 Å². The molecule has 0 unspecified atom stereocenters. The highest BCUT2D eigenvalue weighted by molar-refractivity contribution is 5.98. The molecule has 0 aromatic heterocycles. The van der Waals surface area contributed by atoms with Crippen LogP contribution in [0, 0.1) is 17.6 Å². The number of halogens is 2. The van der Waals surface area contributed by atoms with Gasteiger partial charge in [-0.15, -0.1) is 0 Å². The molecule has 2 aliphatic heterocycles. The Hall–Kier alpha value is -3.29. The lowest BCUT2D eigenvalue weighted by Crippen LogP contribution is -2.54. The molecule has 2 heterocycles. The van der Waals surface area contributed by atoms with Crippen molar-refractivity contribution in [2.75, 3.05) is 26.2 Å². The van der Waals surface area contributed by atoms with Crippen LogP contribution in [0.15, 0.2) is 48.5 Å². The van der Waals surface area contributed by atoms with E-state index in [4.69, 9.17) is 0 Å². The fourth-order valence-electron chi connectivity index (χ4n) is 4.58. The van der Waals surface area contributed by atoms with Gasteiger partial charge in [0.15, 0.2) is 0 Å². The van der Waals surface area contributed by atoms with Gasteiger partial charge in [0, 0.05) is 37.3 Å². The Labute approximate surface area is 191 Å². The Balaban J connectivity index is 1.45. The van der Waals surface area contributed by atoms with Gasteiger partial charge in [-0.25, -0.2) is 8.78 Å². The van der Waals surface area contributed by atoms with Crippen LogP contribution >= 0.6 is 0 Å². The molecule has 0 saturated carbocycles. The number of nitrogens with one attached hydrogen (secondary N) is 1. The van der Waals surface area contributed by atoms with E-state index < -0.39 is 23.6 Å². The maximum absolute atomic E-state index is 13.5. The molecular weight excluding hydrogens is 428 g/mol. The molecule has 6 nitrogen and oxygen atoms in total. The zero-order chi connectivity index (χ0) is 23.4. The smallest absolute Gasteiger partial charge is 0.253 e. The minimum atomic E-state index is -0.716. The van der Waals surface area contributed by atoms with E-state index in [0.717, 1.165) is 12.8 Å². The van der Waals surface area contributed by atoms with Gasteiger partial charge in [0.25, 0.3) is 11.8 Å². The number of amides is 3. The maximum atomic E-state index is 13.5. The summed E-state index contributed by atoms with van der Waals surface area (Å²) in [6, 6.07) is 10.1. The van der Waals surface area contributed by atoms with Gasteiger partial charge in [-0.3, -0.25) is 14.4 Å². The number of hydrogen-bond acceptors (Lipinski definition) is 3. The van der Waals surface area contributed by atoms with Gasteiger partial charge in [0.1, 0.15) is 17.7 Å². The second kappa shape index (κ2) is 10.1. The molecule has 2 aromatic rings. The summed E-state index contributed by atoms with van der Waals surface area (Å²) >= 11 is 0. The number of benzene rings is 2. The SMILES string of the molecule is O=C(N[C@H](C(=O)N1CCCC1)C1CCN(C(=O)c2cccc(F)c2)CC1)c1ccc(F)cc1. The van der Waals surface area contributed by atoms with E-state index >= 15 is 0 Å². The van der Waals surface area contributed by atoms with Crippen LogP contribution in [0.3, 0.4) is 0 Å². The molecule has 0 bridgehead atoms. The second-order valence-corrected chi connectivity index (χ2v) is 8.63. The first kappa shape index (κ1) is 22.9. The Bertz CT molecular complexity index is 1010. The minimum absolute atomic E-state index is 0.113. The largest absolute Gasteiger partial charge is 0.341 e. The maximum Gasteiger partial charge on any atom is 0.253 e. The quantitative estimate of drug-likeness (QED) is 0.753. The van der Waals surface area contributed by atoms with Crippen LogP contribution in [0.1, 0.15) is 46.4 Å². The molecule has 2 aliphatic rings. The van der Waals surface area contributed by atoms with Crippen LogP contribution in [0.25, 0.3) is 0 Å². The van der Waals surface area contributed by atoms with Crippen molar-refractivity contribution in [3.63, 3.8) is 0 Å². The predicted molar refractivity (Wildman–Crippen MR) is 118 cm³/mol. The fourth-order valence-corrected chi connectivity index (χ4v) is 4.58. The summed E-state index contributed by atoms with van der Waals surface area (Å²) in [4.78, 5) is 42.3. The molecule has 0 radical (unpaired) electrons. The molecule has 2 aromatic carbocycles. The van der Waals surface area contributed by atoms with Crippen LogP contribution in [0.4, 0.5) is 8.78 Å². The van der Waals surface area contributed by atoms with E-state index in [1.165, 1.54) is 42.5 Å². The van der Waals surface area contributed by atoms with Gasteiger partial charge in [-0.2, -0.15) is 0 Å². The molecule has 1 atom stereocenters. The number of nitrogens with zero attached hydrogens (tertiary/aromatic N) is 2. The molecular formula is C25H27F2N3O3. The lowest BCUT2D eigenvalue weighted by atomic mass is 9.88. The third kappa shape index (κ3) is 5.38. The Morgan fingerprint density at radius 2 is 1.48 bits per heavy atom. The number of carbonyl (C=O) groups is 3. The molecule has 33 heavy (non-hydrogen) atoms. The van der Waals surface area contributed by atoms with Crippen LogP contribution in [0.2, 0.25) is 0 Å². The van der Waals surface area contributed by atoms with Crippen molar-refractivity contribution in [3.05, 3.63) is 71.3 Å². The van der Waals surface area contributed by atoms with Gasteiger partial charge in [-0.1, -0.05) is 6.07 Å². The average molecular weight is 456 g/mol. The van der Waals surface area contributed by atoms with Crippen LogP contribution < -0.4 is 5.32 Å². The Morgan fingerprint density at radius 3 is 2.12 bits per heavy atom. The molecule has 2 fully saturated rings. The molecule has 0 aliphatic carbocycles. The third-order valence-corrected chi connectivity index (χ3v) is 6.45. The summed E-state index contributed by atoms with van der Waals surface area (Å²) in [5.74, 6) is -1.82. The van der Waals surface area contributed by atoms with E-state index in [-0.39, 0.29) is 23.3 Å². The van der Waals surface area contributed by atoms with Crippen LogP contribution in [0.5, 0.6) is 0 Å². The summed E-state index contributed by atoms with van der Waals surface area (Å²) in [7, 11) is 0. The Morgan fingerprint density at radius 1 is 0.818 bits per heavy atom. The van der Waals surface area contributed by atoms with Gasteiger partial charge in [-0.05, 0) is 74.1 Å². The number of likely N-dealkylation sites (tertiary alicyclic amines) is 2. The fraction of sp³-hybridized carbons (Fsp3) is 0.400. The van der Waals surface area contributed by atoms with E-state index in [1.54, 1.807) is 15.9 Å². The van der Waals surface area contributed by atoms with Crippen molar-refractivity contribution in [1.82, 2.24) is 15.1 Å². The normalized spacial score (nSPS) is 17.6. The van der Waals surface area contributed by atoms with E-state index in [1.807, 2.05) is 0 Å². The van der Waals surface area contributed by atoms with E-state index in [9.17, 15) is 23.2 Å². The predicted octanol–water partition coefficient (Wildman–Crippen LogP) is 3.24. The third-order valence-electron chi connectivity index (χ3n) is 6.45. The molecule has 174 valence electrons. The molecule has 4 rings (SSSR count). The van der Waals surface area contributed by atoms with Crippen molar-refractivity contribution in [2.45, 2.75) is 31.7 Å². The van der Waals surface area contributed by atoms with Crippen molar-refractivity contribution >= 4 is 17.7 Å². The highest BCUT2D eigenvalue weighted by Gasteiger charge is 2.37. The van der Waals surface area contributed by atoms with Crippen LogP contribution in [-0.4, -0.2) is 59.7 Å². The number of carbonyl (C=O) groups excluding carboxylic acids is 3. The minimum Gasteiger partial charge on any atom is -0.341 e. The molecule has 0 spiro atoms. The average Bonchev–Trinajstić information content (AvgIpc) is 3.37. The molecule has 3 amide bonds. The number of rotatable bonds is 5. The molecule has 8 heteroatoms. The van der Waals surface area contributed by atoms with Gasteiger partial charge >= 0.3 is 0 Å². The first-order valence-corrected chi connectivity index (χ1v) is 11.3. The van der Waals surface area contributed by atoms with Gasteiger partial charge in [0.2, 0.25) is 5.91 Å². The van der Waals surface area contributed by atoms with Crippen molar-refractivity contribution < 1.29 is 23.2 Å². The van der Waals surface area contributed by atoms with Gasteiger partial charge in [0.05, 0.1) is 0 Å². The molecule has 1 N–H and O–H groups in total. The lowest BCUT2D eigenvalue weighted by Gasteiger charge is -2.37. The summed E-state index contributed by atoms with van der Waals surface area (Å²) in [5.41, 5.74) is 0.581. The zero-order valence-corrected chi connectivity index (χ0v) is 18.3. The highest BCUT2D eigenvalue weighted by atomic mass is 19.1. The number of hydrogen-bond donors (Lipinski definition) is 1. The summed E-state index contributed by atoms with van der Waals surface area (Å²) in [6.45, 7) is 2.16. The first-order valence-electron chi connectivity index (χ1n) is 11.3. The van der Waals surface area contributed by atoms with Gasteiger partial charge < -0.3 is 15.1 Å². The van der Waals surface area contributed by atoms with Crippen LogP contribution in [-0.2, 0) is 4.79 Å². The second-order valence-electron chi connectivity index (χ2n) is 8.63. The van der Waals surface area contributed by atoms with Crippen molar-refractivity contribution in [3.8, 4) is 0 Å². The van der Waals surface area contributed by atoms with Crippen molar-refractivity contribution in [2.24, 2.45) is 5.92 Å². The summed E-state index contributed by atoms with van der Waals surface area (Å²) < 4.78 is 26.7. The summed E-state index contributed by atoms with van der Waals surface area (Å²) in [6.07, 6.45) is 2.94. The lowest BCUT2D eigenvalue weighted by molar-refractivity contribution is -0.134. The monoisotopic (exact) mass is 455 g/mol. The topological polar surface area (TPSA) is 69.7 Å². The highest BCUT2D eigenvalue weighted by Crippen LogP contribution is 2.25. The van der Waals surface area contributed by atoms with E-state index in [2.05, 4.69) is 5.32 Å². The standard InChI is InChI=1S/C25H27F2N3O3/c26-20-8-6-18(7-9-20)23(31)28-22(25(33)29-12-1-2-13-29)17-10-14-30(15-11-17)24(32)19-4-3-5-21(27)16-19/h3-9,16-17,22H,1-2,10-15H2,(H,28,31)/t22-/m0/s1. The summed E-state index contributed by atoms with van der Waals surface area (Å²) in [5, 5.41) is 2.88. The molecule has 2 saturated heterocycles. The van der Waals surface area contributed by atoms with E-state index in [0.29, 0.717) is 44.6 Å². The Kier molecular flexibility index (Phi) is 7.01.